The summed E-state index contributed by atoms with van der Waals surface area (Å²) in [6.45, 7) is 5.27. The number of benzene rings is 2. The second-order valence-electron chi connectivity index (χ2n) is 8.74. The van der Waals surface area contributed by atoms with Crippen molar-refractivity contribution in [2.45, 2.75) is 39.3 Å². The molecular weight excluding hydrogens is 410 g/mol. The number of nitrogens with zero attached hydrogens (tertiary/aromatic N) is 3. The van der Waals surface area contributed by atoms with Gasteiger partial charge in [-0.2, -0.15) is 0 Å². The number of rotatable bonds is 3. The smallest absolute Gasteiger partial charge is 0.277 e. The maximum absolute atomic E-state index is 14.2. The van der Waals surface area contributed by atoms with E-state index in [-0.39, 0.29) is 17.5 Å². The van der Waals surface area contributed by atoms with Gasteiger partial charge in [0.05, 0.1) is 6.04 Å². The van der Waals surface area contributed by atoms with Gasteiger partial charge in [-0.15, -0.1) is 0 Å². The van der Waals surface area contributed by atoms with Crippen molar-refractivity contribution in [2.24, 2.45) is 0 Å². The molecule has 0 N–H and O–H groups in total. The highest BCUT2D eigenvalue weighted by Crippen LogP contribution is 2.34. The first-order valence-electron chi connectivity index (χ1n) is 11.5. The van der Waals surface area contributed by atoms with E-state index in [1.165, 1.54) is 0 Å². The summed E-state index contributed by atoms with van der Waals surface area (Å²) in [4.78, 5) is 34.0. The quantitative estimate of drug-likeness (QED) is 0.433. The lowest BCUT2D eigenvalue weighted by Crippen LogP contribution is -2.41. The first kappa shape index (κ1) is 21.1. The Morgan fingerprint density at radius 3 is 2.36 bits per heavy atom. The van der Waals surface area contributed by atoms with E-state index in [4.69, 9.17) is 0 Å². The summed E-state index contributed by atoms with van der Waals surface area (Å²) in [6, 6.07) is 21.8. The molecule has 33 heavy (non-hydrogen) atoms. The minimum atomic E-state index is -0.195. The Balaban J connectivity index is 1.79. The maximum atomic E-state index is 14.2. The molecule has 4 aromatic rings. The monoisotopic (exact) mass is 437 g/mol. The van der Waals surface area contributed by atoms with Crippen molar-refractivity contribution < 1.29 is 4.79 Å². The molecule has 1 atom stereocenters. The molecule has 2 aromatic carbocycles. The molecule has 0 saturated heterocycles. The molecule has 1 aliphatic heterocycles. The van der Waals surface area contributed by atoms with Crippen LogP contribution in [0.1, 0.15) is 47.4 Å². The van der Waals surface area contributed by atoms with Crippen molar-refractivity contribution in [1.82, 2.24) is 14.5 Å². The molecule has 166 valence electrons. The third kappa shape index (κ3) is 3.74. The number of carbonyl (C=O) groups excluding carboxylic acids is 1. The van der Waals surface area contributed by atoms with E-state index in [1.807, 2.05) is 66.4 Å². The number of pyridine rings is 2. The molecule has 0 spiro atoms. The summed E-state index contributed by atoms with van der Waals surface area (Å²) in [5.41, 5.74) is 4.61. The molecule has 2 aromatic heterocycles. The van der Waals surface area contributed by atoms with E-state index >= 15 is 0 Å². The number of hydrogen-bond acceptors (Lipinski definition) is 3. The average Bonchev–Trinajstić information content (AvgIpc) is 2.84. The predicted molar refractivity (Wildman–Crippen MR) is 131 cm³/mol. The lowest BCUT2D eigenvalue weighted by Gasteiger charge is -2.33. The largest absolute Gasteiger partial charge is 0.331 e. The lowest BCUT2D eigenvalue weighted by atomic mass is 9.95. The Bertz CT molecular complexity index is 1370. The number of carbonyl (C=O) groups is 1. The maximum Gasteiger partial charge on any atom is 0.277 e. The number of fused-ring (bicyclic) bond motifs is 2. The van der Waals surface area contributed by atoms with Gasteiger partial charge >= 0.3 is 0 Å². The standard InChI is InChI=1S/C28H27N3O2/c1-19-12-14-22(15-13-19)24-23-11-8-16-29-25(23)27(32)31-18-7-6-17-30(28(33)26(24)31)20(2)21-9-4-3-5-10-21/h3-5,8-16,20H,6-7,17-18H2,1-2H3. The van der Waals surface area contributed by atoms with Crippen LogP contribution >= 0.6 is 0 Å². The molecule has 1 amide bonds. The normalized spacial score (nSPS) is 15.1. The molecule has 1 unspecified atom stereocenters. The predicted octanol–water partition coefficient (Wildman–Crippen LogP) is 5.37. The fraction of sp³-hybridized carbons (Fsp3) is 0.250. The zero-order valence-electron chi connectivity index (χ0n) is 19.0. The minimum Gasteiger partial charge on any atom is -0.331 e. The van der Waals surface area contributed by atoms with Crippen LogP contribution in [0.15, 0.2) is 77.7 Å². The highest BCUT2D eigenvalue weighted by molar-refractivity contribution is 6.07. The SMILES string of the molecule is Cc1ccc(-c2c3n(c(=O)c4ncccc24)CCCCN(C(C)c2ccccc2)C3=O)cc1. The Hall–Kier alpha value is -3.73. The van der Waals surface area contributed by atoms with E-state index in [9.17, 15) is 9.59 Å². The number of aryl methyl sites for hydroxylation is 1. The second kappa shape index (κ2) is 8.66. The van der Waals surface area contributed by atoms with Gasteiger partial charge in [-0.25, -0.2) is 0 Å². The molecule has 3 heterocycles. The van der Waals surface area contributed by atoms with Crippen molar-refractivity contribution in [1.29, 1.82) is 0 Å². The lowest BCUT2D eigenvalue weighted by molar-refractivity contribution is 0.0663. The highest BCUT2D eigenvalue weighted by atomic mass is 16.2. The average molecular weight is 438 g/mol. The molecule has 0 aliphatic carbocycles. The summed E-state index contributed by atoms with van der Waals surface area (Å²) in [7, 11) is 0. The fourth-order valence-corrected chi connectivity index (χ4v) is 4.79. The third-order valence-corrected chi connectivity index (χ3v) is 6.62. The number of amides is 1. The molecule has 0 radical (unpaired) electrons. The fourth-order valence-electron chi connectivity index (χ4n) is 4.79. The molecule has 5 nitrogen and oxygen atoms in total. The summed E-state index contributed by atoms with van der Waals surface area (Å²) >= 11 is 0. The van der Waals surface area contributed by atoms with Crippen molar-refractivity contribution in [3.63, 3.8) is 0 Å². The van der Waals surface area contributed by atoms with Crippen molar-refractivity contribution in [2.75, 3.05) is 6.54 Å². The third-order valence-electron chi connectivity index (χ3n) is 6.62. The molecule has 0 saturated carbocycles. The van der Waals surface area contributed by atoms with Crippen LogP contribution in [0.2, 0.25) is 0 Å². The van der Waals surface area contributed by atoms with Gasteiger partial charge in [0.25, 0.3) is 11.5 Å². The van der Waals surface area contributed by atoms with Crippen molar-refractivity contribution in [3.05, 3.63) is 100 Å². The molecular formula is C28H27N3O2. The Kier molecular flexibility index (Phi) is 5.55. The molecule has 1 aliphatic rings. The van der Waals surface area contributed by atoms with Crippen LogP contribution in [0.25, 0.3) is 22.0 Å². The van der Waals surface area contributed by atoms with Crippen LogP contribution in [-0.2, 0) is 6.54 Å². The van der Waals surface area contributed by atoms with E-state index in [0.717, 1.165) is 40.5 Å². The van der Waals surface area contributed by atoms with Gasteiger partial charge in [0, 0.05) is 30.2 Å². The van der Waals surface area contributed by atoms with Crippen LogP contribution in [0.4, 0.5) is 0 Å². The summed E-state index contributed by atoms with van der Waals surface area (Å²) in [6.07, 6.45) is 3.31. The van der Waals surface area contributed by atoms with Crippen LogP contribution in [0.5, 0.6) is 0 Å². The summed E-state index contributed by atoms with van der Waals surface area (Å²) < 4.78 is 1.66. The van der Waals surface area contributed by atoms with E-state index in [2.05, 4.69) is 24.0 Å². The van der Waals surface area contributed by atoms with Crippen LogP contribution in [0.3, 0.4) is 0 Å². The molecule has 5 rings (SSSR count). The highest BCUT2D eigenvalue weighted by Gasteiger charge is 2.31. The van der Waals surface area contributed by atoms with E-state index in [0.29, 0.717) is 24.3 Å². The van der Waals surface area contributed by atoms with Gasteiger partial charge in [-0.1, -0.05) is 66.2 Å². The summed E-state index contributed by atoms with van der Waals surface area (Å²) in [5.74, 6) is -0.107. The Morgan fingerprint density at radius 2 is 1.61 bits per heavy atom. The van der Waals surface area contributed by atoms with Crippen molar-refractivity contribution >= 4 is 16.8 Å². The Morgan fingerprint density at radius 1 is 0.879 bits per heavy atom. The molecule has 5 heteroatoms. The van der Waals surface area contributed by atoms with Crippen molar-refractivity contribution in [3.8, 4) is 11.1 Å². The van der Waals surface area contributed by atoms with E-state index < -0.39 is 0 Å². The van der Waals surface area contributed by atoms with Crippen LogP contribution in [-0.4, -0.2) is 26.9 Å². The minimum absolute atomic E-state index is 0.101. The first-order valence-corrected chi connectivity index (χ1v) is 11.5. The van der Waals surface area contributed by atoms with Gasteiger partial charge in [0.15, 0.2) is 0 Å². The Labute approximate surface area is 193 Å². The van der Waals surface area contributed by atoms with Gasteiger partial charge in [0.1, 0.15) is 11.2 Å². The van der Waals surface area contributed by atoms with Crippen LogP contribution < -0.4 is 5.56 Å². The number of hydrogen-bond donors (Lipinski definition) is 0. The van der Waals surface area contributed by atoms with Crippen LogP contribution in [0, 0.1) is 6.92 Å². The zero-order chi connectivity index (χ0) is 22.9. The topological polar surface area (TPSA) is 55.2 Å². The second-order valence-corrected chi connectivity index (χ2v) is 8.74. The molecule has 0 fully saturated rings. The van der Waals surface area contributed by atoms with E-state index in [1.54, 1.807) is 10.8 Å². The van der Waals surface area contributed by atoms with Gasteiger partial charge in [-0.3, -0.25) is 14.6 Å². The zero-order valence-corrected chi connectivity index (χ0v) is 19.0. The number of aromatic nitrogens is 2. The van der Waals surface area contributed by atoms with Gasteiger partial charge in [-0.05, 0) is 43.9 Å². The molecule has 0 bridgehead atoms. The summed E-state index contributed by atoms with van der Waals surface area (Å²) in [5, 5.41) is 0.721. The van der Waals surface area contributed by atoms with Gasteiger partial charge < -0.3 is 9.47 Å². The van der Waals surface area contributed by atoms with Gasteiger partial charge in [0.2, 0.25) is 0 Å². The first-order chi connectivity index (χ1) is 16.1.